The normalized spacial score (nSPS) is 11.4. The molecule has 0 aliphatic heterocycles. The van der Waals surface area contributed by atoms with Gasteiger partial charge in [-0.2, -0.15) is 5.10 Å². The van der Waals surface area contributed by atoms with Crippen LogP contribution in [-0.4, -0.2) is 25.3 Å². The van der Waals surface area contributed by atoms with Crippen LogP contribution < -0.4 is 11.0 Å². The monoisotopic (exact) mass is 497 g/mol. The molecular formula is C26H19N5O2S2. The van der Waals surface area contributed by atoms with Gasteiger partial charge in [0.25, 0.3) is 11.5 Å². The molecule has 6 rings (SSSR count). The number of thiophene rings is 2. The van der Waals surface area contributed by atoms with Gasteiger partial charge in [-0.3, -0.25) is 15.0 Å². The van der Waals surface area contributed by atoms with E-state index in [0.717, 1.165) is 37.6 Å². The van der Waals surface area contributed by atoms with E-state index in [1.165, 1.54) is 33.7 Å². The van der Waals surface area contributed by atoms with Crippen molar-refractivity contribution in [2.24, 2.45) is 0 Å². The fourth-order valence-corrected chi connectivity index (χ4v) is 6.28. The van der Waals surface area contributed by atoms with Gasteiger partial charge in [-0.05, 0) is 37.6 Å². The molecule has 4 heterocycles. The van der Waals surface area contributed by atoms with Crippen molar-refractivity contribution in [1.29, 1.82) is 0 Å². The Morgan fingerprint density at radius 3 is 2.43 bits per heavy atom. The molecule has 1 N–H and O–H groups in total. The van der Waals surface area contributed by atoms with Gasteiger partial charge < -0.3 is 0 Å². The molecular weight excluding hydrogens is 478 g/mol. The molecule has 2 aromatic carbocycles. The van der Waals surface area contributed by atoms with Crippen LogP contribution in [-0.2, 0) is 0 Å². The smallest absolute Gasteiger partial charge is 0.267 e. The van der Waals surface area contributed by atoms with Gasteiger partial charge in [-0.1, -0.05) is 48.5 Å². The van der Waals surface area contributed by atoms with Crippen molar-refractivity contribution in [2.75, 3.05) is 5.43 Å². The third-order valence-corrected chi connectivity index (χ3v) is 7.97. The molecule has 0 saturated heterocycles. The number of carbonyl (C=O) groups excluding carboxylic acids is 1. The Bertz CT molecular complexity index is 1780. The Morgan fingerprint density at radius 1 is 0.971 bits per heavy atom. The minimum Gasteiger partial charge on any atom is -0.267 e. The van der Waals surface area contributed by atoms with Crippen LogP contribution in [0.3, 0.4) is 0 Å². The number of amides is 1. The summed E-state index contributed by atoms with van der Waals surface area (Å²) >= 11 is 2.81. The Balaban J connectivity index is 1.39. The van der Waals surface area contributed by atoms with E-state index in [9.17, 15) is 9.59 Å². The number of nitrogens with zero attached hydrogens (tertiary/aromatic N) is 4. The zero-order chi connectivity index (χ0) is 24.1. The van der Waals surface area contributed by atoms with Crippen LogP contribution in [0.15, 0.2) is 77.9 Å². The SMILES string of the molecule is Cc1sc2ncn(NC(=O)c3cc4c(C)nn(-c5ccccc5)c4s3)c(=O)c2c1-c1ccccc1. The first-order chi connectivity index (χ1) is 17.0. The molecule has 0 unspecified atom stereocenters. The maximum Gasteiger partial charge on any atom is 0.281 e. The first-order valence-electron chi connectivity index (χ1n) is 10.9. The molecule has 0 spiro atoms. The summed E-state index contributed by atoms with van der Waals surface area (Å²) in [5, 5.41) is 6.04. The summed E-state index contributed by atoms with van der Waals surface area (Å²) in [5.74, 6) is -0.373. The number of rotatable bonds is 4. The number of carbonyl (C=O) groups is 1. The average molecular weight is 498 g/mol. The summed E-state index contributed by atoms with van der Waals surface area (Å²) in [4.78, 5) is 34.1. The van der Waals surface area contributed by atoms with Crippen LogP contribution in [0.25, 0.3) is 37.2 Å². The second-order valence-electron chi connectivity index (χ2n) is 8.10. The number of fused-ring (bicyclic) bond motifs is 2. The summed E-state index contributed by atoms with van der Waals surface area (Å²) in [6, 6.07) is 21.4. The zero-order valence-corrected chi connectivity index (χ0v) is 20.5. The maximum atomic E-state index is 13.4. The predicted molar refractivity (Wildman–Crippen MR) is 141 cm³/mol. The standard InChI is InChI=1S/C26H19N5O2S2/c1-15-19-13-20(35-26(19)31(28-15)18-11-7-4-8-12-18)23(32)29-30-14-27-24-22(25(30)33)21(16(2)34-24)17-9-5-3-6-10-17/h3-14H,1-2H3,(H,29,32). The molecule has 0 aliphatic carbocycles. The van der Waals surface area contributed by atoms with E-state index < -0.39 is 0 Å². The van der Waals surface area contributed by atoms with Crippen LogP contribution in [0.4, 0.5) is 0 Å². The number of benzene rings is 2. The van der Waals surface area contributed by atoms with E-state index in [1.807, 2.05) is 85.3 Å². The van der Waals surface area contributed by atoms with Gasteiger partial charge in [0.05, 0.1) is 21.6 Å². The number of para-hydroxylation sites is 1. The lowest BCUT2D eigenvalue weighted by Crippen LogP contribution is -2.32. The molecule has 0 saturated carbocycles. The van der Waals surface area contributed by atoms with Gasteiger partial charge in [0, 0.05) is 15.8 Å². The average Bonchev–Trinajstić information content (AvgIpc) is 3.55. The van der Waals surface area contributed by atoms with Crippen LogP contribution in [0, 0.1) is 13.8 Å². The summed E-state index contributed by atoms with van der Waals surface area (Å²) in [5.41, 5.74) is 5.98. The highest BCUT2D eigenvalue weighted by atomic mass is 32.1. The lowest BCUT2D eigenvalue weighted by molar-refractivity contribution is 0.101. The lowest BCUT2D eigenvalue weighted by Gasteiger charge is -2.07. The second kappa shape index (κ2) is 8.30. The van der Waals surface area contributed by atoms with Crippen LogP contribution in [0.2, 0.25) is 0 Å². The lowest BCUT2D eigenvalue weighted by atomic mass is 10.0. The van der Waals surface area contributed by atoms with Gasteiger partial charge in [-0.25, -0.2) is 14.3 Å². The van der Waals surface area contributed by atoms with Crippen molar-refractivity contribution < 1.29 is 4.79 Å². The molecule has 172 valence electrons. The molecule has 0 atom stereocenters. The molecule has 7 nitrogen and oxygen atoms in total. The Hall–Kier alpha value is -4.08. The van der Waals surface area contributed by atoms with Crippen molar-refractivity contribution in [2.45, 2.75) is 13.8 Å². The molecule has 6 aromatic rings. The van der Waals surface area contributed by atoms with E-state index in [1.54, 1.807) is 0 Å². The topological polar surface area (TPSA) is 81.8 Å². The fraction of sp³-hybridized carbons (Fsp3) is 0.0769. The van der Waals surface area contributed by atoms with Gasteiger partial charge in [0.15, 0.2) is 0 Å². The second-order valence-corrected chi connectivity index (χ2v) is 10.3. The maximum absolute atomic E-state index is 13.4. The predicted octanol–water partition coefficient (Wildman–Crippen LogP) is 5.53. The number of hydrogen-bond acceptors (Lipinski definition) is 6. The number of aromatic nitrogens is 4. The third-order valence-electron chi connectivity index (χ3n) is 5.84. The summed E-state index contributed by atoms with van der Waals surface area (Å²) < 4.78 is 3.01. The highest BCUT2D eigenvalue weighted by Crippen LogP contribution is 2.35. The summed E-state index contributed by atoms with van der Waals surface area (Å²) in [6.45, 7) is 3.90. The van der Waals surface area contributed by atoms with Gasteiger partial charge in [0.1, 0.15) is 16.0 Å². The van der Waals surface area contributed by atoms with Crippen LogP contribution >= 0.6 is 22.7 Å². The van der Waals surface area contributed by atoms with E-state index in [-0.39, 0.29) is 11.5 Å². The van der Waals surface area contributed by atoms with Gasteiger partial charge >= 0.3 is 0 Å². The van der Waals surface area contributed by atoms with Crippen molar-refractivity contribution in [3.63, 3.8) is 0 Å². The van der Waals surface area contributed by atoms with Crippen molar-refractivity contribution >= 4 is 49.0 Å². The van der Waals surface area contributed by atoms with Gasteiger partial charge in [-0.15, -0.1) is 22.7 Å². The molecule has 0 fully saturated rings. The van der Waals surface area contributed by atoms with E-state index >= 15 is 0 Å². The Kier molecular flexibility index (Phi) is 5.09. The van der Waals surface area contributed by atoms with E-state index in [2.05, 4.69) is 15.5 Å². The third kappa shape index (κ3) is 3.56. The molecule has 4 aromatic heterocycles. The molecule has 0 aliphatic rings. The molecule has 1 amide bonds. The quantitative estimate of drug-likeness (QED) is 0.347. The van der Waals surface area contributed by atoms with E-state index in [4.69, 9.17) is 0 Å². The van der Waals surface area contributed by atoms with Crippen LogP contribution in [0.5, 0.6) is 0 Å². The summed E-state index contributed by atoms with van der Waals surface area (Å²) in [6.07, 6.45) is 1.37. The first kappa shape index (κ1) is 21.5. The first-order valence-corrected chi connectivity index (χ1v) is 12.6. The largest absolute Gasteiger partial charge is 0.281 e. The highest BCUT2D eigenvalue weighted by molar-refractivity contribution is 7.20. The Morgan fingerprint density at radius 2 is 1.69 bits per heavy atom. The van der Waals surface area contributed by atoms with Crippen molar-refractivity contribution in [3.05, 3.63) is 98.9 Å². The summed E-state index contributed by atoms with van der Waals surface area (Å²) in [7, 11) is 0. The molecule has 0 bridgehead atoms. The van der Waals surface area contributed by atoms with Gasteiger partial charge in [0.2, 0.25) is 0 Å². The fourth-order valence-electron chi connectivity index (χ4n) is 4.20. The molecule has 35 heavy (non-hydrogen) atoms. The Labute approximate surface area is 207 Å². The number of aryl methyl sites for hydroxylation is 2. The minimum atomic E-state index is -0.373. The van der Waals surface area contributed by atoms with Crippen molar-refractivity contribution in [1.82, 2.24) is 19.4 Å². The highest BCUT2D eigenvalue weighted by Gasteiger charge is 2.20. The van der Waals surface area contributed by atoms with Crippen molar-refractivity contribution in [3.8, 4) is 16.8 Å². The zero-order valence-electron chi connectivity index (χ0n) is 18.9. The van der Waals surface area contributed by atoms with Crippen LogP contribution in [0.1, 0.15) is 20.2 Å². The molecule has 9 heteroatoms. The number of nitrogens with one attached hydrogen (secondary N) is 1. The molecule has 0 radical (unpaired) electrons. The minimum absolute atomic E-state index is 0.306. The number of hydrogen-bond donors (Lipinski definition) is 1. The van der Waals surface area contributed by atoms with E-state index in [0.29, 0.717) is 15.1 Å².